The minimum atomic E-state index is -3.16. The molecular formula is C17H25N3O3S. The molecule has 132 valence electrons. The summed E-state index contributed by atoms with van der Waals surface area (Å²) < 4.78 is 26.1. The molecule has 1 aromatic rings. The molecule has 1 amide bonds. The molecule has 0 bridgehead atoms. The van der Waals surface area contributed by atoms with Crippen molar-refractivity contribution in [3.63, 3.8) is 0 Å². The third-order valence-corrected chi connectivity index (χ3v) is 7.08. The van der Waals surface area contributed by atoms with Gasteiger partial charge in [-0.1, -0.05) is 0 Å². The largest absolute Gasteiger partial charge is 0.338 e. The molecule has 0 radical (unpaired) electrons. The van der Waals surface area contributed by atoms with Gasteiger partial charge in [0.25, 0.3) is 0 Å². The molecule has 2 saturated heterocycles. The minimum absolute atomic E-state index is 0.0958. The second-order valence-corrected chi connectivity index (χ2v) is 9.20. The molecule has 7 heteroatoms. The third-order valence-electron chi connectivity index (χ3n) is 5.26. The molecule has 1 atom stereocenters. The first kappa shape index (κ1) is 17.4. The molecule has 0 aliphatic carbocycles. The number of nitrogens with zero attached hydrogens (tertiary/aromatic N) is 3. The van der Waals surface area contributed by atoms with E-state index in [1.54, 1.807) is 23.6 Å². The lowest BCUT2D eigenvalue weighted by Crippen LogP contribution is -2.55. The van der Waals surface area contributed by atoms with Crippen LogP contribution in [0, 0.1) is 5.41 Å². The first-order valence-electron chi connectivity index (χ1n) is 8.59. The Morgan fingerprint density at radius 3 is 2.67 bits per heavy atom. The van der Waals surface area contributed by atoms with Crippen molar-refractivity contribution in [2.75, 3.05) is 25.4 Å². The maximum atomic E-state index is 12.3. The van der Waals surface area contributed by atoms with Crippen molar-refractivity contribution in [3.05, 3.63) is 30.1 Å². The van der Waals surface area contributed by atoms with E-state index >= 15 is 0 Å². The number of likely N-dealkylation sites (tertiary alicyclic amines) is 1. The summed E-state index contributed by atoms with van der Waals surface area (Å²) in [6.07, 6.45) is 6.62. The van der Waals surface area contributed by atoms with Crippen LogP contribution in [0.3, 0.4) is 0 Å². The zero-order valence-corrected chi connectivity index (χ0v) is 15.0. The highest BCUT2D eigenvalue weighted by Crippen LogP contribution is 2.40. The molecule has 2 aliphatic rings. The van der Waals surface area contributed by atoms with Crippen molar-refractivity contribution in [1.82, 2.24) is 14.2 Å². The first-order valence-corrected chi connectivity index (χ1v) is 10.2. The predicted octanol–water partition coefficient (Wildman–Crippen LogP) is 1.64. The fourth-order valence-corrected chi connectivity index (χ4v) is 5.11. The zero-order valence-electron chi connectivity index (χ0n) is 14.1. The summed E-state index contributed by atoms with van der Waals surface area (Å²) in [5.41, 5.74) is 0.964. The number of carbonyl (C=O) groups is 1. The van der Waals surface area contributed by atoms with Crippen molar-refractivity contribution < 1.29 is 13.2 Å². The molecular weight excluding hydrogens is 326 g/mol. The van der Waals surface area contributed by atoms with Crippen LogP contribution in [0.2, 0.25) is 0 Å². The van der Waals surface area contributed by atoms with E-state index in [-0.39, 0.29) is 17.1 Å². The Kier molecular flexibility index (Phi) is 4.92. The van der Waals surface area contributed by atoms with Crippen LogP contribution in [0.15, 0.2) is 24.5 Å². The lowest BCUT2D eigenvalue weighted by Gasteiger charge is -2.47. The van der Waals surface area contributed by atoms with Gasteiger partial charge in [-0.25, -0.2) is 12.7 Å². The Balaban J connectivity index is 1.75. The fraction of sp³-hybridized carbons (Fsp3) is 0.647. The molecule has 2 aliphatic heterocycles. The van der Waals surface area contributed by atoms with E-state index in [4.69, 9.17) is 0 Å². The fourth-order valence-electron chi connectivity index (χ4n) is 3.87. The zero-order chi connectivity index (χ0) is 17.2. The highest BCUT2D eigenvalue weighted by Gasteiger charge is 2.43. The van der Waals surface area contributed by atoms with Gasteiger partial charge in [-0.05, 0) is 43.9 Å². The summed E-state index contributed by atoms with van der Waals surface area (Å²) in [6.45, 7) is 4.06. The lowest BCUT2D eigenvalue weighted by molar-refractivity contribution is -0.139. The molecule has 0 unspecified atom stereocenters. The Labute approximate surface area is 143 Å². The summed E-state index contributed by atoms with van der Waals surface area (Å²) in [4.78, 5) is 18.2. The smallest absolute Gasteiger partial charge is 0.222 e. The second kappa shape index (κ2) is 6.80. The van der Waals surface area contributed by atoms with Crippen LogP contribution in [-0.2, 0) is 21.4 Å². The molecule has 0 saturated carbocycles. The van der Waals surface area contributed by atoms with Gasteiger partial charge in [0, 0.05) is 50.4 Å². The van der Waals surface area contributed by atoms with Gasteiger partial charge in [-0.3, -0.25) is 9.78 Å². The van der Waals surface area contributed by atoms with Gasteiger partial charge in [-0.15, -0.1) is 0 Å². The van der Waals surface area contributed by atoms with E-state index < -0.39 is 10.0 Å². The topological polar surface area (TPSA) is 70.6 Å². The van der Waals surface area contributed by atoms with E-state index in [2.05, 4.69) is 4.98 Å². The Bertz CT molecular complexity index is 692. The molecule has 0 aromatic carbocycles. The van der Waals surface area contributed by atoms with Gasteiger partial charge in [-0.2, -0.15) is 0 Å². The molecule has 3 heterocycles. The van der Waals surface area contributed by atoms with E-state index in [9.17, 15) is 13.2 Å². The van der Waals surface area contributed by atoms with Crippen LogP contribution in [0.4, 0.5) is 0 Å². The maximum Gasteiger partial charge on any atom is 0.222 e. The van der Waals surface area contributed by atoms with Crippen molar-refractivity contribution in [1.29, 1.82) is 0 Å². The highest BCUT2D eigenvalue weighted by atomic mass is 32.2. The van der Waals surface area contributed by atoms with E-state index in [0.717, 1.165) is 24.8 Å². The number of carbonyl (C=O) groups excluding carboxylic acids is 1. The summed E-state index contributed by atoms with van der Waals surface area (Å²) in [6, 6.07) is 3.84. The number of sulfonamides is 1. The molecule has 0 N–H and O–H groups in total. The van der Waals surface area contributed by atoms with Gasteiger partial charge in [0.2, 0.25) is 15.9 Å². The first-order chi connectivity index (χ1) is 11.4. The number of rotatable bonds is 4. The summed E-state index contributed by atoms with van der Waals surface area (Å²) >= 11 is 0. The van der Waals surface area contributed by atoms with Gasteiger partial charge in [0.05, 0.1) is 5.75 Å². The summed E-state index contributed by atoms with van der Waals surface area (Å²) in [5, 5.41) is 0. The molecule has 1 spiro atoms. The van der Waals surface area contributed by atoms with Crippen LogP contribution in [0.1, 0.15) is 38.2 Å². The molecule has 2 fully saturated rings. The molecule has 1 aromatic heterocycles. The standard InChI is InChI=1S/C17H25N3O3S/c1-2-24(22,23)20-11-3-7-17(14-20)8-4-16(21)19(13-17)12-15-5-9-18-10-6-15/h5-6,9-10H,2-4,7-8,11-14H2,1H3/t17-/m0/s1. The van der Waals surface area contributed by atoms with Crippen LogP contribution in [0.25, 0.3) is 0 Å². The maximum absolute atomic E-state index is 12.3. The van der Waals surface area contributed by atoms with Crippen molar-refractivity contribution in [2.24, 2.45) is 5.41 Å². The van der Waals surface area contributed by atoms with Gasteiger partial charge >= 0.3 is 0 Å². The van der Waals surface area contributed by atoms with Crippen LogP contribution >= 0.6 is 0 Å². The average molecular weight is 351 g/mol. The van der Waals surface area contributed by atoms with E-state index in [0.29, 0.717) is 32.6 Å². The minimum Gasteiger partial charge on any atom is -0.338 e. The normalized spacial score (nSPS) is 26.0. The summed E-state index contributed by atoms with van der Waals surface area (Å²) in [5.74, 6) is 0.302. The Morgan fingerprint density at radius 2 is 1.96 bits per heavy atom. The van der Waals surface area contributed by atoms with Crippen molar-refractivity contribution in [2.45, 2.75) is 39.2 Å². The number of pyridine rings is 1. The average Bonchev–Trinajstić information content (AvgIpc) is 2.59. The Morgan fingerprint density at radius 1 is 1.21 bits per heavy atom. The van der Waals surface area contributed by atoms with Crippen molar-refractivity contribution >= 4 is 15.9 Å². The number of hydrogen-bond donors (Lipinski definition) is 0. The second-order valence-electron chi connectivity index (χ2n) is 6.94. The summed E-state index contributed by atoms with van der Waals surface area (Å²) in [7, 11) is -3.16. The third kappa shape index (κ3) is 3.62. The number of amides is 1. The van der Waals surface area contributed by atoms with Crippen molar-refractivity contribution in [3.8, 4) is 0 Å². The quantitative estimate of drug-likeness (QED) is 0.827. The molecule has 24 heavy (non-hydrogen) atoms. The molecule has 3 rings (SSSR count). The van der Waals surface area contributed by atoms with Gasteiger partial charge < -0.3 is 4.90 Å². The lowest BCUT2D eigenvalue weighted by atomic mass is 9.74. The van der Waals surface area contributed by atoms with Crippen LogP contribution < -0.4 is 0 Å². The van der Waals surface area contributed by atoms with Crippen LogP contribution in [0.5, 0.6) is 0 Å². The van der Waals surface area contributed by atoms with E-state index in [1.807, 2.05) is 17.0 Å². The molecule has 6 nitrogen and oxygen atoms in total. The van der Waals surface area contributed by atoms with Crippen LogP contribution in [-0.4, -0.2) is 53.9 Å². The predicted molar refractivity (Wildman–Crippen MR) is 91.6 cm³/mol. The van der Waals surface area contributed by atoms with E-state index in [1.165, 1.54) is 0 Å². The number of hydrogen-bond acceptors (Lipinski definition) is 4. The number of aromatic nitrogens is 1. The number of piperidine rings is 2. The van der Waals surface area contributed by atoms with Gasteiger partial charge in [0.15, 0.2) is 0 Å². The van der Waals surface area contributed by atoms with Gasteiger partial charge in [0.1, 0.15) is 0 Å². The highest BCUT2D eigenvalue weighted by molar-refractivity contribution is 7.89. The SMILES string of the molecule is CCS(=O)(=O)N1CCC[C@@]2(CCC(=O)N(Cc3ccncc3)C2)C1. The monoisotopic (exact) mass is 351 g/mol. The Hall–Kier alpha value is -1.47.